The van der Waals surface area contributed by atoms with Crippen LogP contribution in [0.3, 0.4) is 0 Å². The van der Waals surface area contributed by atoms with Crippen molar-refractivity contribution in [1.29, 1.82) is 0 Å². The van der Waals surface area contributed by atoms with Crippen LogP contribution in [0, 0.1) is 0 Å². The lowest BCUT2D eigenvalue weighted by atomic mass is 10.00. The summed E-state index contributed by atoms with van der Waals surface area (Å²) < 4.78 is 7.42. The Bertz CT molecular complexity index is 3940. The van der Waals surface area contributed by atoms with Crippen LogP contribution < -0.4 is 0 Å². The van der Waals surface area contributed by atoms with Gasteiger partial charge in [-0.3, -0.25) is 0 Å². The van der Waals surface area contributed by atoms with Gasteiger partial charge in [-0.1, -0.05) is 133 Å². The van der Waals surface area contributed by atoms with Crippen LogP contribution in [0.2, 0.25) is 0 Å². The second-order valence-corrected chi connectivity index (χ2v) is 16.1. The highest BCUT2D eigenvalue weighted by atomic mass is 15.0. The summed E-state index contributed by atoms with van der Waals surface area (Å²) in [5, 5.41) is 15.2. The van der Waals surface area contributed by atoms with E-state index in [2.05, 4.69) is 214 Å². The molecule has 0 fully saturated rings. The van der Waals surface area contributed by atoms with Gasteiger partial charge in [0, 0.05) is 59.5 Å². The largest absolute Gasteiger partial charge is 0.309 e. The summed E-state index contributed by atoms with van der Waals surface area (Å²) in [5.74, 6) is 0. The Labute approximate surface area is 338 Å². The van der Waals surface area contributed by atoms with Gasteiger partial charge in [0.2, 0.25) is 0 Å². The average Bonchev–Trinajstić information content (AvgIpc) is 4.02. The molecule has 0 spiro atoms. The van der Waals surface area contributed by atoms with E-state index in [1.165, 1.54) is 126 Å². The third-order valence-electron chi connectivity index (χ3n) is 13.1. The number of fused-ring (bicyclic) bond motifs is 14. The molecule has 10 aromatic carbocycles. The SMILES string of the molecule is c1ccc2c(-n3c4ccccc4c4cc(-c5ccc6c(c5)c5ccccc5n6-c5cc6c7ccccc7n7c8ccccc8c(c5)c67)ccc43)c3ccccc3cc2c1. The number of rotatable bonds is 3. The molecule has 4 heterocycles. The Morgan fingerprint density at radius 3 is 1.17 bits per heavy atom. The highest BCUT2D eigenvalue weighted by molar-refractivity contribution is 6.24. The summed E-state index contributed by atoms with van der Waals surface area (Å²) in [7, 11) is 0. The molecule has 3 heteroatoms. The van der Waals surface area contributed by atoms with Crippen molar-refractivity contribution < 1.29 is 0 Å². The van der Waals surface area contributed by atoms with Gasteiger partial charge in [-0.15, -0.1) is 0 Å². The minimum absolute atomic E-state index is 1.18. The van der Waals surface area contributed by atoms with Crippen molar-refractivity contribution in [3.8, 4) is 22.5 Å². The maximum atomic E-state index is 2.49. The molecule has 4 aromatic heterocycles. The van der Waals surface area contributed by atoms with E-state index in [0.29, 0.717) is 0 Å². The molecule has 0 amide bonds. The first-order valence-corrected chi connectivity index (χ1v) is 20.4. The van der Waals surface area contributed by atoms with E-state index >= 15 is 0 Å². The standard InChI is InChI=1S/C56H33N3/c1-3-15-39-36(13-1)29-37-14-2-4-16-40(37)55(39)59-50-22-10-6-18-42(50)46-31-35(26-28-54(46)59)34-25-27-53-45(30-34)41-17-5-9-21-49(41)57(53)38-32-47-43-19-7-11-23-51(43)58-52-24-12-8-20-44(52)48(33-38)56(47)58/h1-33H. The predicted molar refractivity (Wildman–Crippen MR) is 250 cm³/mol. The topological polar surface area (TPSA) is 14.3 Å². The van der Waals surface area contributed by atoms with E-state index in [0.717, 1.165) is 0 Å². The highest BCUT2D eigenvalue weighted by Crippen LogP contribution is 2.44. The van der Waals surface area contributed by atoms with Crippen molar-refractivity contribution in [2.24, 2.45) is 0 Å². The molecule has 0 saturated heterocycles. The molecule has 0 radical (unpaired) electrons. The van der Waals surface area contributed by atoms with Crippen LogP contribution in [0.15, 0.2) is 200 Å². The molecule has 0 N–H and O–H groups in total. The third-order valence-corrected chi connectivity index (χ3v) is 13.1. The Morgan fingerprint density at radius 1 is 0.254 bits per heavy atom. The summed E-state index contributed by atoms with van der Waals surface area (Å²) in [6.07, 6.45) is 0. The van der Waals surface area contributed by atoms with Crippen LogP contribution in [0.5, 0.6) is 0 Å². The van der Waals surface area contributed by atoms with Gasteiger partial charge in [0.1, 0.15) is 0 Å². The Hall–Kier alpha value is -7.88. The lowest BCUT2D eigenvalue weighted by Crippen LogP contribution is -1.97. The van der Waals surface area contributed by atoms with E-state index in [-0.39, 0.29) is 0 Å². The zero-order chi connectivity index (χ0) is 38.3. The molecule has 0 bridgehead atoms. The molecular weight excluding hydrogens is 715 g/mol. The number of benzene rings is 10. The molecule has 272 valence electrons. The van der Waals surface area contributed by atoms with Crippen LogP contribution >= 0.6 is 0 Å². The van der Waals surface area contributed by atoms with Gasteiger partial charge in [-0.05, 0) is 88.6 Å². The smallest absolute Gasteiger partial charge is 0.0622 e. The van der Waals surface area contributed by atoms with Gasteiger partial charge >= 0.3 is 0 Å². The minimum atomic E-state index is 1.18. The molecule has 0 aliphatic carbocycles. The van der Waals surface area contributed by atoms with Gasteiger partial charge in [0.15, 0.2) is 0 Å². The van der Waals surface area contributed by atoms with E-state index in [9.17, 15) is 0 Å². The number of aromatic nitrogens is 3. The van der Waals surface area contributed by atoms with Crippen LogP contribution in [0.25, 0.3) is 126 Å². The fourth-order valence-corrected chi connectivity index (χ4v) is 10.6. The van der Waals surface area contributed by atoms with Crippen LogP contribution in [-0.4, -0.2) is 13.5 Å². The summed E-state index contributed by atoms with van der Waals surface area (Å²) >= 11 is 0. The lowest BCUT2D eigenvalue weighted by Gasteiger charge is -2.15. The molecule has 0 unspecified atom stereocenters. The fraction of sp³-hybridized carbons (Fsp3) is 0. The van der Waals surface area contributed by atoms with Gasteiger partial charge in [-0.25, -0.2) is 0 Å². The Morgan fingerprint density at radius 2 is 0.644 bits per heavy atom. The molecule has 0 saturated carbocycles. The first kappa shape index (κ1) is 31.2. The Balaban J connectivity index is 0.996. The lowest BCUT2D eigenvalue weighted by molar-refractivity contribution is 1.19. The third kappa shape index (κ3) is 4.11. The quantitative estimate of drug-likeness (QED) is 0.160. The number of hydrogen-bond acceptors (Lipinski definition) is 0. The van der Waals surface area contributed by atoms with Crippen molar-refractivity contribution in [3.63, 3.8) is 0 Å². The first-order chi connectivity index (χ1) is 29.3. The number of para-hydroxylation sites is 4. The van der Waals surface area contributed by atoms with E-state index < -0.39 is 0 Å². The molecule has 14 rings (SSSR count). The summed E-state index contributed by atoms with van der Waals surface area (Å²) in [6, 6.07) is 74.3. The highest BCUT2D eigenvalue weighted by Gasteiger charge is 2.22. The zero-order valence-corrected chi connectivity index (χ0v) is 31.9. The molecule has 0 aliphatic heterocycles. The summed E-state index contributed by atoms with van der Waals surface area (Å²) in [5.41, 5.74) is 13.5. The van der Waals surface area contributed by atoms with Gasteiger partial charge < -0.3 is 13.5 Å². The van der Waals surface area contributed by atoms with Crippen molar-refractivity contribution in [3.05, 3.63) is 200 Å². The molecule has 59 heavy (non-hydrogen) atoms. The average molecular weight is 748 g/mol. The van der Waals surface area contributed by atoms with Crippen molar-refractivity contribution in [1.82, 2.24) is 13.5 Å². The normalized spacial score (nSPS) is 12.4. The minimum Gasteiger partial charge on any atom is -0.309 e. The summed E-state index contributed by atoms with van der Waals surface area (Å²) in [4.78, 5) is 0. The zero-order valence-electron chi connectivity index (χ0n) is 31.9. The van der Waals surface area contributed by atoms with Crippen LogP contribution in [0.4, 0.5) is 0 Å². The van der Waals surface area contributed by atoms with Crippen LogP contribution in [0.1, 0.15) is 0 Å². The van der Waals surface area contributed by atoms with Crippen molar-refractivity contribution in [2.45, 2.75) is 0 Å². The number of hydrogen-bond donors (Lipinski definition) is 0. The first-order valence-electron chi connectivity index (χ1n) is 20.4. The molecule has 0 atom stereocenters. The Kier molecular flexibility index (Phi) is 6.02. The fourth-order valence-electron chi connectivity index (χ4n) is 10.6. The molecule has 14 aromatic rings. The van der Waals surface area contributed by atoms with Crippen molar-refractivity contribution in [2.75, 3.05) is 0 Å². The monoisotopic (exact) mass is 747 g/mol. The second-order valence-electron chi connectivity index (χ2n) is 16.1. The van der Waals surface area contributed by atoms with Crippen LogP contribution in [-0.2, 0) is 0 Å². The van der Waals surface area contributed by atoms with E-state index in [1.807, 2.05) is 0 Å². The van der Waals surface area contributed by atoms with Gasteiger partial charge in [0.05, 0.1) is 44.3 Å². The predicted octanol–water partition coefficient (Wildman–Crippen LogP) is 15.0. The van der Waals surface area contributed by atoms with Gasteiger partial charge in [-0.2, -0.15) is 0 Å². The van der Waals surface area contributed by atoms with E-state index in [1.54, 1.807) is 0 Å². The van der Waals surface area contributed by atoms with Gasteiger partial charge in [0.25, 0.3) is 0 Å². The summed E-state index contributed by atoms with van der Waals surface area (Å²) in [6.45, 7) is 0. The maximum Gasteiger partial charge on any atom is 0.0622 e. The molecule has 0 aliphatic rings. The number of nitrogens with zero attached hydrogens (tertiary/aromatic N) is 3. The molecule has 3 nitrogen and oxygen atoms in total. The van der Waals surface area contributed by atoms with Crippen molar-refractivity contribution >= 4 is 103 Å². The second kappa shape index (κ2) is 11.4. The maximum absolute atomic E-state index is 2.49. The van der Waals surface area contributed by atoms with E-state index in [4.69, 9.17) is 0 Å². The molecular formula is C56H33N3.